The number of nitrogens with zero attached hydrogens (tertiary/aromatic N) is 2. The maximum atomic E-state index is 2.56. The zero-order valence-corrected chi connectivity index (χ0v) is 38.1. The first-order chi connectivity index (χ1) is 33.0. The monoisotopic (exact) mass is 872 g/mol. The van der Waals surface area contributed by atoms with Gasteiger partial charge in [-0.25, -0.2) is 0 Å². The predicted molar refractivity (Wildman–Crippen MR) is 283 cm³/mol. The van der Waals surface area contributed by atoms with E-state index >= 15 is 0 Å². The molecule has 67 heavy (non-hydrogen) atoms. The summed E-state index contributed by atoms with van der Waals surface area (Å²) >= 11 is 1.88. The second-order valence-corrected chi connectivity index (χ2v) is 19.9. The molecule has 0 saturated carbocycles. The van der Waals surface area contributed by atoms with E-state index in [2.05, 4.69) is 254 Å². The Morgan fingerprint density at radius 3 is 1.81 bits per heavy atom. The third-order valence-corrected chi connectivity index (χ3v) is 16.2. The molecule has 2 aliphatic carbocycles. The van der Waals surface area contributed by atoms with Crippen LogP contribution >= 0.6 is 11.3 Å². The lowest BCUT2D eigenvalue weighted by Crippen LogP contribution is -2.36. The van der Waals surface area contributed by atoms with Crippen LogP contribution in [0, 0.1) is 0 Å². The van der Waals surface area contributed by atoms with E-state index in [4.69, 9.17) is 0 Å². The fourth-order valence-electron chi connectivity index (χ4n) is 12.2. The van der Waals surface area contributed by atoms with Gasteiger partial charge in [0.2, 0.25) is 0 Å². The molecular formula is C64H44N2S. The Kier molecular flexibility index (Phi) is 8.15. The first-order valence-corrected chi connectivity index (χ1v) is 24.2. The molecule has 0 radical (unpaired) electrons. The van der Waals surface area contributed by atoms with Crippen molar-refractivity contribution in [3.8, 4) is 33.4 Å². The minimum absolute atomic E-state index is 0.158. The van der Waals surface area contributed by atoms with E-state index in [-0.39, 0.29) is 5.41 Å². The molecule has 0 bridgehead atoms. The van der Waals surface area contributed by atoms with Crippen molar-refractivity contribution in [2.24, 2.45) is 0 Å². The summed E-state index contributed by atoms with van der Waals surface area (Å²) in [5.74, 6) is 0. The number of hydrogen-bond donors (Lipinski definition) is 0. The molecule has 10 aromatic carbocycles. The van der Waals surface area contributed by atoms with Crippen LogP contribution < -0.4 is 9.80 Å². The van der Waals surface area contributed by atoms with E-state index in [1.807, 2.05) is 11.3 Å². The third-order valence-electron chi connectivity index (χ3n) is 15.0. The summed E-state index contributed by atoms with van der Waals surface area (Å²) in [6.45, 7) is 4.77. The zero-order chi connectivity index (χ0) is 44.4. The molecule has 1 unspecified atom stereocenters. The first kappa shape index (κ1) is 38.3. The molecule has 0 spiro atoms. The molecule has 0 saturated heterocycles. The van der Waals surface area contributed by atoms with Gasteiger partial charge >= 0.3 is 0 Å². The highest BCUT2D eigenvalue weighted by molar-refractivity contribution is 7.26. The minimum atomic E-state index is -0.641. The number of fused-ring (bicyclic) bond motifs is 11. The Morgan fingerprint density at radius 1 is 0.433 bits per heavy atom. The van der Waals surface area contributed by atoms with Crippen LogP contribution in [-0.4, -0.2) is 0 Å². The highest BCUT2D eigenvalue weighted by Gasteiger charge is 2.53. The molecule has 0 N–H and O–H groups in total. The Bertz CT molecular complexity index is 3790. The van der Waals surface area contributed by atoms with Gasteiger partial charge in [-0.2, -0.15) is 0 Å². The lowest BCUT2D eigenvalue weighted by molar-refractivity contribution is 0.660. The average molecular weight is 873 g/mol. The van der Waals surface area contributed by atoms with Gasteiger partial charge in [0.15, 0.2) is 0 Å². The maximum Gasteiger partial charge on any atom is 0.0755 e. The molecule has 3 aliphatic rings. The highest BCUT2D eigenvalue weighted by Crippen LogP contribution is 2.67. The molecule has 0 fully saturated rings. The van der Waals surface area contributed by atoms with Gasteiger partial charge in [0.1, 0.15) is 0 Å². The second-order valence-electron chi connectivity index (χ2n) is 18.8. The van der Waals surface area contributed by atoms with Crippen molar-refractivity contribution in [1.82, 2.24) is 0 Å². The molecule has 316 valence electrons. The van der Waals surface area contributed by atoms with Gasteiger partial charge in [-0.05, 0) is 116 Å². The van der Waals surface area contributed by atoms with Gasteiger partial charge in [-0.15, -0.1) is 11.3 Å². The molecule has 2 nitrogen and oxygen atoms in total. The Labute approximate surface area is 395 Å². The van der Waals surface area contributed by atoms with Gasteiger partial charge in [0.25, 0.3) is 0 Å². The third kappa shape index (κ3) is 5.26. The molecule has 1 aliphatic heterocycles. The number of hydrogen-bond acceptors (Lipinski definition) is 3. The quantitative estimate of drug-likeness (QED) is 0.164. The standard InChI is InChI=1S/C64H44N2S/c1-63(2)52-27-14-12-25-47(52)48-35-33-44(39-54(48)63)65(57-30-18-32-59-60(57)51-26-13-17-31-58(51)67-59)45-34-36-49-50-38-37-46(41-19-6-3-7-20-41)62-61(50)64(55(49)40-45,42-21-8-4-9-22-42)53-28-15-16-29-56(53)66(62)43-23-10-5-11-24-43/h3-40H,1-2H3. The lowest BCUT2D eigenvalue weighted by Gasteiger charge is -2.45. The fourth-order valence-corrected chi connectivity index (χ4v) is 13.3. The van der Waals surface area contributed by atoms with Crippen LogP contribution in [0.5, 0.6) is 0 Å². The fraction of sp³-hybridized carbons (Fsp3) is 0.0625. The SMILES string of the molecule is CC1(C)c2ccccc2-c2ccc(N(c3ccc4c(c3)C3(c5ccccc5)c5ccccc5N(c5ccccc5)c5c(-c6ccccc6)ccc-4c53)c3cccc4sc5ccccc5c34)cc21. The van der Waals surface area contributed by atoms with Crippen molar-refractivity contribution in [2.75, 3.05) is 9.80 Å². The molecule has 2 heterocycles. The van der Waals surface area contributed by atoms with Crippen LogP contribution in [-0.2, 0) is 10.8 Å². The van der Waals surface area contributed by atoms with Crippen molar-refractivity contribution in [1.29, 1.82) is 0 Å². The van der Waals surface area contributed by atoms with E-state index < -0.39 is 5.41 Å². The van der Waals surface area contributed by atoms with Crippen molar-refractivity contribution in [3.05, 3.63) is 264 Å². The Balaban J connectivity index is 1.09. The first-order valence-electron chi connectivity index (χ1n) is 23.3. The number of para-hydroxylation sites is 2. The molecule has 0 amide bonds. The van der Waals surface area contributed by atoms with Crippen molar-refractivity contribution < 1.29 is 0 Å². The van der Waals surface area contributed by atoms with Crippen molar-refractivity contribution in [3.63, 3.8) is 0 Å². The average Bonchev–Trinajstić information content (AvgIpc) is 3.99. The Morgan fingerprint density at radius 2 is 1.01 bits per heavy atom. The van der Waals surface area contributed by atoms with Gasteiger partial charge in [-0.1, -0.05) is 184 Å². The van der Waals surface area contributed by atoms with Gasteiger partial charge in [-0.3, -0.25) is 0 Å². The number of rotatable bonds is 6. The zero-order valence-electron chi connectivity index (χ0n) is 37.2. The maximum absolute atomic E-state index is 2.56. The van der Waals surface area contributed by atoms with E-state index in [1.54, 1.807) is 0 Å². The summed E-state index contributed by atoms with van der Waals surface area (Å²) in [6.07, 6.45) is 0. The van der Waals surface area contributed by atoms with Crippen LogP contribution in [0.2, 0.25) is 0 Å². The largest absolute Gasteiger partial charge is 0.310 e. The normalized spacial score (nSPS) is 15.8. The minimum Gasteiger partial charge on any atom is -0.310 e. The van der Waals surface area contributed by atoms with E-state index in [1.165, 1.54) is 104 Å². The molecule has 1 atom stereocenters. The summed E-state index contributed by atoms with van der Waals surface area (Å²) in [7, 11) is 0. The summed E-state index contributed by atoms with van der Waals surface area (Å²) in [5, 5.41) is 2.57. The topological polar surface area (TPSA) is 6.48 Å². The van der Waals surface area contributed by atoms with Crippen molar-refractivity contribution >= 4 is 65.6 Å². The van der Waals surface area contributed by atoms with E-state index in [0.29, 0.717) is 0 Å². The summed E-state index contributed by atoms with van der Waals surface area (Å²) < 4.78 is 2.58. The predicted octanol–water partition coefficient (Wildman–Crippen LogP) is 17.6. The molecule has 11 aromatic rings. The van der Waals surface area contributed by atoms with Crippen LogP contribution in [0.3, 0.4) is 0 Å². The van der Waals surface area contributed by atoms with E-state index in [9.17, 15) is 0 Å². The lowest BCUT2D eigenvalue weighted by atomic mass is 9.64. The van der Waals surface area contributed by atoms with Crippen LogP contribution in [0.25, 0.3) is 53.6 Å². The highest BCUT2D eigenvalue weighted by atomic mass is 32.1. The van der Waals surface area contributed by atoms with Crippen LogP contribution in [0.1, 0.15) is 47.2 Å². The second kappa shape index (κ2) is 14.3. The van der Waals surface area contributed by atoms with Gasteiger partial charge in [0, 0.05) is 53.8 Å². The van der Waals surface area contributed by atoms with E-state index in [0.717, 1.165) is 17.1 Å². The summed E-state index contributed by atoms with van der Waals surface area (Å²) in [4.78, 5) is 5.09. The van der Waals surface area contributed by atoms with Crippen molar-refractivity contribution in [2.45, 2.75) is 24.7 Å². The van der Waals surface area contributed by atoms with Crippen LogP contribution in [0.15, 0.2) is 231 Å². The number of thiophene rings is 1. The summed E-state index contributed by atoms with van der Waals surface area (Å²) in [6, 6.07) is 86.4. The number of anilines is 6. The Hall–Kier alpha value is -7.98. The molecule has 3 heteroatoms. The molecule has 14 rings (SSSR count). The smallest absolute Gasteiger partial charge is 0.0755 e. The summed E-state index contributed by atoms with van der Waals surface area (Å²) in [5.41, 5.74) is 21.7. The van der Waals surface area contributed by atoms with Gasteiger partial charge in [0.05, 0.1) is 22.5 Å². The molecular weight excluding hydrogens is 829 g/mol. The van der Waals surface area contributed by atoms with Crippen LogP contribution in [0.4, 0.5) is 34.1 Å². The molecule has 1 aromatic heterocycles. The number of benzene rings is 10. The van der Waals surface area contributed by atoms with Gasteiger partial charge < -0.3 is 9.80 Å².